The van der Waals surface area contributed by atoms with Crippen LogP contribution in [0.1, 0.15) is 19.4 Å². The van der Waals surface area contributed by atoms with E-state index >= 15 is 0 Å². The lowest BCUT2D eigenvalue weighted by atomic mass is 10.1. The highest BCUT2D eigenvalue weighted by atomic mass is 35.5. The first-order valence-corrected chi connectivity index (χ1v) is 14.5. The van der Waals surface area contributed by atoms with E-state index in [0.717, 1.165) is 4.31 Å². The Morgan fingerprint density at radius 2 is 1.59 bits per heavy atom. The van der Waals surface area contributed by atoms with Crippen LogP contribution in [0.4, 0.5) is 5.69 Å². The second-order valence-electron chi connectivity index (χ2n) is 8.45. The molecule has 3 rings (SSSR count). The maximum Gasteiger partial charge on any atom is 0.264 e. The number of likely N-dealkylation sites (N-methyl/N-ethyl adjacent to an activating group) is 1. The van der Waals surface area contributed by atoms with Crippen molar-refractivity contribution in [2.24, 2.45) is 0 Å². The third kappa shape index (κ3) is 7.57. The molecule has 1 N–H and O–H groups in total. The third-order valence-electron chi connectivity index (χ3n) is 5.87. The number of ether oxygens (including phenoxy) is 1. The van der Waals surface area contributed by atoms with Crippen molar-refractivity contribution in [3.8, 4) is 5.75 Å². The van der Waals surface area contributed by atoms with E-state index in [1.165, 1.54) is 36.2 Å². The quantitative estimate of drug-likeness (QED) is 0.313. The van der Waals surface area contributed by atoms with Crippen molar-refractivity contribution in [3.05, 3.63) is 87.4 Å². The summed E-state index contributed by atoms with van der Waals surface area (Å²) in [5.41, 5.74) is 0.852. The standard InChI is InChI=1S/C27H28Cl3N3O5S/c1-4-38-22-10-8-21(9-11-22)33(39(36,37)23-12-6-20(28)7-13-23)17-26(34)32(18(2)27(35)31-3)16-19-5-14-24(29)25(30)15-19/h5-15,18H,4,16-17H2,1-3H3,(H,31,35)/t18-/m0/s1. The van der Waals surface area contributed by atoms with Gasteiger partial charge in [0.1, 0.15) is 18.3 Å². The highest BCUT2D eigenvalue weighted by Crippen LogP contribution is 2.28. The Bertz CT molecular complexity index is 1420. The van der Waals surface area contributed by atoms with Gasteiger partial charge >= 0.3 is 0 Å². The lowest BCUT2D eigenvalue weighted by Crippen LogP contribution is -2.50. The van der Waals surface area contributed by atoms with Gasteiger partial charge in [0.25, 0.3) is 10.0 Å². The molecule has 12 heteroatoms. The third-order valence-corrected chi connectivity index (χ3v) is 8.65. The van der Waals surface area contributed by atoms with Crippen LogP contribution >= 0.6 is 34.8 Å². The largest absolute Gasteiger partial charge is 0.494 e. The Labute approximate surface area is 243 Å². The number of carbonyl (C=O) groups excluding carboxylic acids is 2. The average molecular weight is 613 g/mol. The number of hydrogen-bond acceptors (Lipinski definition) is 5. The molecule has 39 heavy (non-hydrogen) atoms. The van der Waals surface area contributed by atoms with Crippen LogP contribution in [-0.2, 0) is 26.2 Å². The van der Waals surface area contributed by atoms with Crippen molar-refractivity contribution in [3.63, 3.8) is 0 Å². The zero-order chi connectivity index (χ0) is 28.7. The van der Waals surface area contributed by atoms with Crippen LogP contribution in [0.2, 0.25) is 15.1 Å². The zero-order valence-corrected chi connectivity index (χ0v) is 24.6. The Hall–Kier alpha value is -2.98. The second kappa shape index (κ2) is 13.4. The molecular weight excluding hydrogens is 585 g/mol. The molecule has 0 spiro atoms. The fraction of sp³-hybridized carbons (Fsp3) is 0.259. The summed E-state index contributed by atoms with van der Waals surface area (Å²) in [6.07, 6.45) is 0. The SMILES string of the molecule is CCOc1ccc(N(CC(=O)N(Cc2ccc(Cl)c(Cl)c2)[C@@H](C)C(=O)NC)S(=O)(=O)c2ccc(Cl)cc2)cc1. The molecule has 0 aliphatic heterocycles. The van der Waals surface area contributed by atoms with Crippen molar-refractivity contribution < 1.29 is 22.7 Å². The number of rotatable bonds is 11. The van der Waals surface area contributed by atoms with Crippen LogP contribution in [0.25, 0.3) is 0 Å². The van der Waals surface area contributed by atoms with E-state index in [-0.39, 0.29) is 22.2 Å². The Balaban J connectivity index is 2.04. The monoisotopic (exact) mass is 611 g/mol. The number of benzene rings is 3. The maximum atomic E-state index is 13.8. The Morgan fingerprint density at radius 1 is 0.949 bits per heavy atom. The molecule has 0 aromatic heterocycles. The van der Waals surface area contributed by atoms with Crippen molar-refractivity contribution >= 4 is 62.3 Å². The van der Waals surface area contributed by atoms with Crippen molar-refractivity contribution in [2.45, 2.75) is 31.3 Å². The van der Waals surface area contributed by atoms with Crippen molar-refractivity contribution in [1.29, 1.82) is 0 Å². The molecule has 0 radical (unpaired) electrons. The van der Waals surface area contributed by atoms with E-state index in [4.69, 9.17) is 39.5 Å². The summed E-state index contributed by atoms with van der Waals surface area (Å²) in [6, 6.07) is 15.9. The molecular formula is C27H28Cl3N3O5S. The summed E-state index contributed by atoms with van der Waals surface area (Å²) in [6.45, 7) is 3.23. The molecule has 0 aliphatic carbocycles. The summed E-state index contributed by atoms with van der Waals surface area (Å²) >= 11 is 18.2. The lowest BCUT2D eigenvalue weighted by Gasteiger charge is -2.32. The van der Waals surface area contributed by atoms with Crippen LogP contribution in [0, 0.1) is 0 Å². The van der Waals surface area contributed by atoms with Crippen molar-refractivity contribution in [2.75, 3.05) is 24.5 Å². The second-order valence-corrected chi connectivity index (χ2v) is 11.6. The molecule has 0 bridgehead atoms. The first kappa shape index (κ1) is 30.6. The highest BCUT2D eigenvalue weighted by Gasteiger charge is 2.32. The first-order valence-electron chi connectivity index (χ1n) is 11.9. The predicted octanol–water partition coefficient (Wildman–Crippen LogP) is 5.40. The van der Waals surface area contributed by atoms with Gasteiger partial charge in [0.05, 0.1) is 27.2 Å². The minimum absolute atomic E-state index is 0.0115. The van der Waals surface area contributed by atoms with Crippen LogP contribution < -0.4 is 14.4 Å². The van der Waals surface area contributed by atoms with Crippen LogP contribution in [0.3, 0.4) is 0 Å². The summed E-state index contributed by atoms with van der Waals surface area (Å²) in [5, 5.41) is 3.53. The van der Waals surface area contributed by atoms with Gasteiger partial charge in [-0.15, -0.1) is 0 Å². The van der Waals surface area contributed by atoms with Gasteiger partial charge in [-0.05, 0) is 80.1 Å². The smallest absolute Gasteiger partial charge is 0.264 e. The highest BCUT2D eigenvalue weighted by molar-refractivity contribution is 7.92. The number of hydrogen-bond donors (Lipinski definition) is 1. The maximum absolute atomic E-state index is 13.8. The summed E-state index contributed by atoms with van der Waals surface area (Å²) < 4.78 is 34.0. The van der Waals surface area contributed by atoms with Crippen LogP contribution in [0.5, 0.6) is 5.75 Å². The number of sulfonamides is 1. The van der Waals surface area contributed by atoms with Gasteiger partial charge in [-0.25, -0.2) is 8.42 Å². The van der Waals surface area contributed by atoms with Gasteiger partial charge in [-0.1, -0.05) is 40.9 Å². The minimum atomic E-state index is -4.21. The first-order chi connectivity index (χ1) is 18.5. The van der Waals surface area contributed by atoms with Crippen LogP contribution in [0.15, 0.2) is 71.6 Å². The fourth-order valence-electron chi connectivity index (χ4n) is 3.76. The van der Waals surface area contributed by atoms with E-state index in [1.807, 2.05) is 6.92 Å². The van der Waals surface area contributed by atoms with Gasteiger partial charge in [0.2, 0.25) is 11.8 Å². The average Bonchev–Trinajstić information content (AvgIpc) is 2.92. The predicted molar refractivity (Wildman–Crippen MR) is 154 cm³/mol. The molecule has 208 valence electrons. The number of anilines is 1. The summed E-state index contributed by atoms with van der Waals surface area (Å²) in [5.74, 6) is -0.480. The van der Waals surface area contributed by atoms with Crippen molar-refractivity contribution in [1.82, 2.24) is 10.2 Å². The zero-order valence-electron chi connectivity index (χ0n) is 21.5. The Morgan fingerprint density at radius 3 is 2.15 bits per heavy atom. The topological polar surface area (TPSA) is 96.0 Å². The van der Waals surface area contributed by atoms with Gasteiger partial charge < -0.3 is 15.0 Å². The molecule has 0 heterocycles. The number of nitrogens with one attached hydrogen (secondary N) is 1. The number of amides is 2. The molecule has 2 amide bonds. The molecule has 1 atom stereocenters. The Kier molecular flexibility index (Phi) is 10.5. The lowest BCUT2D eigenvalue weighted by molar-refractivity contribution is -0.139. The van der Waals surface area contributed by atoms with Gasteiger partial charge in [0, 0.05) is 18.6 Å². The molecule has 3 aromatic rings. The fourth-order valence-corrected chi connectivity index (χ4v) is 5.62. The van der Waals surface area contributed by atoms with E-state index in [2.05, 4.69) is 5.32 Å². The number of carbonyl (C=O) groups is 2. The molecule has 0 saturated carbocycles. The molecule has 3 aromatic carbocycles. The normalized spacial score (nSPS) is 11.9. The van der Waals surface area contributed by atoms with E-state index in [0.29, 0.717) is 28.0 Å². The molecule has 0 unspecified atom stereocenters. The molecule has 8 nitrogen and oxygen atoms in total. The van der Waals surface area contributed by atoms with Gasteiger partial charge in [0.15, 0.2) is 0 Å². The summed E-state index contributed by atoms with van der Waals surface area (Å²) in [4.78, 5) is 27.6. The van der Waals surface area contributed by atoms with Gasteiger partial charge in [-0.3, -0.25) is 13.9 Å². The van der Waals surface area contributed by atoms with Gasteiger partial charge in [-0.2, -0.15) is 0 Å². The molecule has 0 aliphatic rings. The van der Waals surface area contributed by atoms with E-state index in [1.54, 1.807) is 49.4 Å². The number of halogens is 3. The molecule has 0 fully saturated rings. The van der Waals surface area contributed by atoms with Crippen LogP contribution in [-0.4, -0.2) is 51.4 Å². The number of nitrogens with zero attached hydrogens (tertiary/aromatic N) is 2. The van der Waals surface area contributed by atoms with E-state index in [9.17, 15) is 18.0 Å². The minimum Gasteiger partial charge on any atom is -0.494 e. The molecule has 0 saturated heterocycles. The summed E-state index contributed by atoms with van der Waals surface area (Å²) in [7, 11) is -2.76. The van der Waals surface area contributed by atoms with E-state index < -0.39 is 34.4 Å².